The second kappa shape index (κ2) is 10.1. The Morgan fingerprint density at radius 1 is 0.759 bits per heavy atom. The van der Waals surface area contributed by atoms with Gasteiger partial charge in [-0.2, -0.15) is 0 Å². The van der Waals surface area contributed by atoms with Crippen LogP contribution < -0.4 is 10.1 Å². The molecule has 4 nitrogen and oxygen atoms in total. The Balaban J connectivity index is 1.54. The summed E-state index contributed by atoms with van der Waals surface area (Å²) in [5.74, 6) is 0.804. The van der Waals surface area contributed by atoms with Crippen molar-refractivity contribution in [1.82, 2.24) is 5.32 Å². The molecule has 148 valence electrons. The molecule has 3 aromatic rings. The number of carbonyl (C=O) groups excluding carboxylic acids is 1. The van der Waals surface area contributed by atoms with Gasteiger partial charge in [-0.15, -0.1) is 0 Å². The van der Waals surface area contributed by atoms with Crippen LogP contribution >= 0.6 is 0 Å². The SMILES string of the molecule is C/C(NC(=O)OCc1ccccc1)=C(/C)c1ccc(OCc2ccccc2)cc1. The standard InChI is InChI=1S/C25H25NO3/c1-19(20(2)26-25(27)29-18-22-11-7-4-8-12-22)23-13-15-24(16-14-23)28-17-21-9-5-3-6-10-21/h3-16H,17-18H2,1-2H3,(H,26,27)/b20-19+. The fourth-order valence-electron chi connectivity index (χ4n) is 2.76. The topological polar surface area (TPSA) is 47.6 Å². The van der Waals surface area contributed by atoms with E-state index in [1.165, 1.54) is 0 Å². The molecule has 0 spiro atoms. The molecule has 0 atom stereocenters. The summed E-state index contributed by atoms with van der Waals surface area (Å²) in [7, 11) is 0. The molecular weight excluding hydrogens is 362 g/mol. The third-order valence-electron chi connectivity index (χ3n) is 4.60. The third-order valence-corrected chi connectivity index (χ3v) is 4.60. The Morgan fingerprint density at radius 3 is 1.90 bits per heavy atom. The highest BCUT2D eigenvalue weighted by molar-refractivity contribution is 5.75. The smallest absolute Gasteiger partial charge is 0.411 e. The van der Waals surface area contributed by atoms with Crippen LogP contribution in [0.2, 0.25) is 0 Å². The van der Waals surface area contributed by atoms with Crippen LogP contribution in [0.3, 0.4) is 0 Å². The van der Waals surface area contributed by atoms with E-state index in [0.717, 1.165) is 33.7 Å². The first-order chi connectivity index (χ1) is 14.1. The quantitative estimate of drug-likeness (QED) is 0.545. The monoisotopic (exact) mass is 387 g/mol. The largest absolute Gasteiger partial charge is 0.489 e. The average molecular weight is 387 g/mol. The van der Waals surface area contributed by atoms with Gasteiger partial charge in [-0.1, -0.05) is 72.8 Å². The second-order valence-electron chi connectivity index (χ2n) is 6.74. The van der Waals surface area contributed by atoms with Crippen LogP contribution in [0.5, 0.6) is 5.75 Å². The maximum absolute atomic E-state index is 12.0. The van der Waals surface area contributed by atoms with E-state index in [9.17, 15) is 4.79 Å². The summed E-state index contributed by atoms with van der Waals surface area (Å²) in [4.78, 5) is 12.0. The van der Waals surface area contributed by atoms with E-state index in [1.807, 2.05) is 98.8 Å². The molecule has 0 unspecified atom stereocenters. The van der Waals surface area contributed by atoms with Crippen molar-refractivity contribution < 1.29 is 14.3 Å². The molecule has 0 aliphatic heterocycles. The van der Waals surface area contributed by atoms with Crippen molar-refractivity contribution in [2.24, 2.45) is 0 Å². The number of nitrogens with one attached hydrogen (secondary N) is 1. The van der Waals surface area contributed by atoms with Crippen LogP contribution in [0, 0.1) is 0 Å². The molecule has 0 saturated carbocycles. The zero-order valence-electron chi connectivity index (χ0n) is 16.7. The minimum absolute atomic E-state index is 0.243. The first kappa shape index (κ1) is 20.2. The maximum Gasteiger partial charge on any atom is 0.411 e. The molecule has 1 N–H and O–H groups in total. The fraction of sp³-hybridized carbons (Fsp3) is 0.160. The number of hydrogen-bond donors (Lipinski definition) is 1. The normalized spacial score (nSPS) is 11.4. The molecule has 0 aliphatic carbocycles. The van der Waals surface area contributed by atoms with Crippen molar-refractivity contribution in [1.29, 1.82) is 0 Å². The Morgan fingerprint density at radius 2 is 1.31 bits per heavy atom. The highest BCUT2D eigenvalue weighted by Gasteiger charge is 2.07. The third kappa shape index (κ3) is 6.25. The first-order valence-corrected chi connectivity index (χ1v) is 9.54. The van der Waals surface area contributed by atoms with Crippen molar-refractivity contribution in [3.8, 4) is 5.75 Å². The number of hydrogen-bond acceptors (Lipinski definition) is 3. The van der Waals surface area contributed by atoms with Gasteiger partial charge in [-0.3, -0.25) is 5.32 Å². The lowest BCUT2D eigenvalue weighted by atomic mass is 10.1. The van der Waals surface area contributed by atoms with E-state index in [0.29, 0.717) is 6.61 Å². The lowest BCUT2D eigenvalue weighted by Gasteiger charge is -2.12. The molecule has 4 heteroatoms. The van der Waals surface area contributed by atoms with E-state index in [4.69, 9.17) is 9.47 Å². The van der Waals surface area contributed by atoms with Gasteiger partial charge in [0.05, 0.1) is 0 Å². The molecule has 1 amide bonds. The van der Waals surface area contributed by atoms with Crippen LogP contribution in [-0.4, -0.2) is 6.09 Å². The highest BCUT2D eigenvalue weighted by atomic mass is 16.5. The van der Waals surface area contributed by atoms with Gasteiger partial charge < -0.3 is 9.47 Å². The van der Waals surface area contributed by atoms with Crippen LogP contribution in [0.1, 0.15) is 30.5 Å². The number of alkyl carbamates (subject to hydrolysis) is 1. The number of ether oxygens (including phenoxy) is 2. The van der Waals surface area contributed by atoms with E-state index in [2.05, 4.69) is 5.32 Å². The molecule has 0 aromatic heterocycles. The molecule has 0 radical (unpaired) electrons. The molecule has 0 heterocycles. The first-order valence-electron chi connectivity index (χ1n) is 9.54. The fourth-order valence-corrected chi connectivity index (χ4v) is 2.76. The Labute approximate surface area is 171 Å². The predicted octanol–water partition coefficient (Wildman–Crippen LogP) is 5.94. The summed E-state index contributed by atoms with van der Waals surface area (Å²) in [6, 6.07) is 27.5. The Bertz CT molecular complexity index is 948. The lowest BCUT2D eigenvalue weighted by molar-refractivity contribution is 0.142. The van der Waals surface area contributed by atoms with Crippen molar-refractivity contribution in [3.63, 3.8) is 0 Å². The number of allylic oxidation sites excluding steroid dienone is 2. The lowest BCUT2D eigenvalue weighted by Crippen LogP contribution is -2.23. The summed E-state index contributed by atoms with van der Waals surface area (Å²) in [6.07, 6.45) is -0.464. The number of benzene rings is 3. The van der Waals surface area contributed by atoms with E-state index >= 15 is 0 Å². The molecule has 3 rings (SSSR count). The number of amides is 1. The van der Waals surface area contributed by atoms with Crippen molar-refractivity contribution in [2.75, 3.05) is 0 Å². The van der Waals surface area contributed by atoms with Crippen molar-refractivity contribution in [3.05, 3.63) is 107 Å². The zero-order valence-corrected chi connectivity index (χ0v) is 16.7. The van der Waals surface area contributed by atoms with Gasteiger partial charge in [0.2, 0.25) is 0 Å². The van der Waals surface area contributed by atoms with Gasteiger partial charge in [0.25, 0.3) is 0 Å². The predicted molar refractivity (Wildman–Crippen MR) is 115 cm³/mol. The Hall–Kier alpha value is -3.53. The van der Waals surface area contributed by atoms with Crippen LogP contribution in [-0.2, 0) is 18.0 Å². The average Bonchev–Trinajstić information content (AvgIpc) is 2.77. The van der Waals surface area contributed by atoms with Crippen molar-refractivity contribution >= 4 is 11.7 Å². The number of rotatable bonds is 7. The highest BCUT2D eigenvalue weighted by Crippen LogP contribution is 2.21. The van der Waals surface area contributed by atoms with E-state index < -0.39 is 6.09 Å². The second-order valence-corrected chi connectivity index (χ2v) is 6.74. The molecule has 0 fully saturated rings. The van der Waals surface area contributed by atoms with Gasteiger partial charge >= 0.3 is 6.09 Å². The summed E-state index contributed by atoms with van der Waals surface area (Å²) < 4.78 is 11.1. The minimum Gasteiger partial charge on any atom is -0.489 e. The molecular formula is C25H25NO3. The number of carbonyl (C=O) groups is 1. The summed E-state index contributed by atoms with van der Waals surface area (Å²) in [6.45, 7) is 4.60. The van der Waals surface area contributed by atoms with Crippen LogP contribution in [0.15, 0.2) is 90.6 Å². The van der Waals surface area contributed by atoms with Gasteiger partial charge in [-0.25, -0.2) is 4.79 Å². The van der Waals surface area contributed by atoms with E-state index in [-0.39, 0.29) is 6.61 Å². The van der Waals surface area contributed by atoms with Gasteiger partial charge in [0.15, 0.2) is 0 Å². The molecule has 29 heavy (non-hydrogen) atoms. The minimum atomic E-state index is -0.464. The Kier molecular flexibility index (Phi) is 7.06. The van der Waals surface area contributed by atoms with Gasteiger partial charge in [0.1, 0.15) is 19.0 Å². The molecule has 0 saturated heterocycles. The van der Waals surface area contributed by atoms with Crippen LogP contribution in [0.25, 0.3) is 5.57 Å². The summed E-state index contributed by atoms with van der Waals surface area (Å²) in [5.41, 5.74) is 4.81. The van der Waals surface area contributed by atoms with Crippen molar-refractivity contribution in [2.45, 2.75) is 27.1 Å². The zero-order chi connectivity index (χ0) is 20.5. The van der Waals surface area contributed by atoms with Gasteiger partial charge in [0, 0.05) is 5.70 Å². The van der Waals surface area contributed by atoms with Crippen LogP contribution in [0.4, 0.5) is 4.79 Å². The summed E-state index contributed by atoms with van der Waals surface area (Å²) >= 11 is 0. The molecule has 0 bridgehead atoms. The maximum atomic E-state index is 12.0. The molecule has 0 aliphatic rings. The van der Waals surface area contributed by atoms with E-state index in [1.54, 1.807) is 0 Å². The summed E-state index contributed by atoms with van der Waals surface area (Å²) in [5, 5.41) is 2.80. The molecule has 3 aromatic carbocycles. The van der Waals surface area contributed by atoms with Gasteiger partial charge in [-0.05, 0) is 48.2 Å².